The molecule has 0 aliphatic heterocycles. The summed E-state index contributed by atoms with van der Waals surface area (Å²) in [5, 5.41) is 4.96. The Labute approximate surface area is 196 Å². The number of rotatable bonds is 5. The topological polar surface area (TPSA) is 51.2 Å². The van der Waals surface area contributed by atoms with Crippen LogP contribution >= 0.6 is 57.7 Å². The molecule has 0 saturated carbocycles. The van der Waals surface area contributed by atoms with Gasteiger partial charge in [0.05, 0.1) is 30.3 Å². The molecular formula is C21H12Cl4N2O2S. The number of para-hydroxylation sites is 1. The molecule has 9 heteroatoms. The fraction of sp³-hybridized carbons (Fsp3) is 0.0476. The van der Waals surface area contributed by atoms with E-state index in [4.69, 9.17) is 51.1 Å². The third-order valence-corrected chi connectivity index (χ3v) is 6.52. The first-order valence-corrected chi connectivity index (χ1v) is 11.0. The second kappa shape index (κ2) is 9.00. The Bertz CT molecular complexity index is 1230. The van der Waals surface area contributed by atoms with E-state index < -0.39 is 0 Å². The fourth-order valence-electron chi connectivity index (χ4n) is 2.71. The highest BCUT2D eigenvalue weighted by Gasteiger charge is 2.13. The van der Waals surface area contributed by atoms with E-state index >= 15 is 0 Å². The number of fused-ring (bicyclic) bond motifs is 1. The lowest BCUT2D eigenvalue weighted by Crippen LogP contribution is -2.20. The molecule has 1 N–H and O–H groups in total. The van der Waals surface area contributed by atoms with Crippen molar-refractivity contribution in [2.75, 3.05) is 11.9 Å². The maximum atomic E-state index is 12.3. The third-order valence-electron chi connectivity index (χ3n) is 4.11. The van der Waals surface area contributed by atoms with Gasteiger partial charge in [-0.1, -0.05) is 58.5 Å². The quantitative estimate of drug-likeness (QED) is 0.289. The van der Waals surface area contributed by atoms with Crippen LogP contribution in [-0.4, -0.2) is 17.5 Å². The van der Waals surface area contributed by atoms with Crippen molar-refractivity contribution in [2.45, 2.75) is 0 Å². The summed E-state index contributed by atoms with van der Waals surface area (Å²) in [4.78, 5) is 17.0. The summed E-state index contributed by atoms with van der Waals surface area (Å²) in [6.07, 6.45) is 0. The van der Waals surface area contributed by atoms with Crippen LogP contribution in [0.15, 0.2) is 54.6 Å². The summed E-state index contributed by atoms with van der Waals surface area (Å²) in [6.45, 7) is -0.253. The molecule has 0 radical (unpaired) electrons. The number of nitrogens with zero attached hydrogens (tertiary/aromatic N) is 1. The Morgan fingerprint density at radius 3 is 2.50 bits per heavy atom. The number of anilines is 1. The standard InChI is InChI=1S/C21H12Cl4N2O2S/c22-13-6-5-11(7-12(13)21-27-17-3-1-2-4-19(17)30-21)26-20(28)10-29-18-9-15(24)14(23)8-16(18)25/h1-9H,10H2,(H,26,28). The number of nitrogens with one attached hydrogen (secondary N) is 1. The van der Waals surface area contributed by atoms with Crippen LogP contribution in [0.5, 0.6) is 5.75 Å². The smallest absolute Gasteiger partial charge is 0.262 e. The van der Waals surface area contributed by atoms with Crippen LogP contribution in [0.3, 0.4) is 0 Å². The maximum absolute atomic E-state index is 12.3. The van der Waals surface area contributed by atoms with Gasteiger partial charge in [-0.15, -0.1) is 11.3 Å². The van der Waals surface area contributed by atoms with Gasteiger partial charge in [-0.3, -0.25) is 4.79 Å². The first kappa shape index (κ1) is 21.2. The number of halogens is 4. The van der Waals surface area contributed by atoms with Crippen LogP contribution in [-0.2, 0) is 4.79 Å². The van der Waals surface area contributed by atoms with Gasteiger partial charge >= 0.3 is 0 Å². The van der Waals surface area contributed by atoms with E-state index in [9.17, 15) is 4.79 Å². The minimum absolute atomic E-state index is 0.253. The SMILES string of the molecule is O=C(COc1cc(Cl)c(Cl)cc1Cl)Nc1ccc(Cl)c(-c2nc3ccccc3s2)c1. The maximum Gasteiger partial charge on any atom is 0.262 e. The van der Waals surface area contributed by atoms with Crippen molar-refractivity contribution in [1.29, 1.82) is 0 Å². The molecule has 152 valence electrons. The number of aromatic nitrogens is 1. The van der Waals surface area contributed by atoms with Gasteiger partial charge in [0.15, 0.2) is 6.61 Å². The van der Waals surface area contributed by atoms with Gasteiger partial charge in [-0.2, -0.15) is 0 Å². The highest BCUT2D eigenvalue weighted by atomic mass is 35.5. The van der Waals surface area contributed by atoms with Crippen molar-refractivity contribution in [3.05, 3.63) is 74.7 Å². The van der Waals surface area contributed by atoms with Gasteiger partial charge in [-0.05, 0) is 36.4 Å². The van der Waals surface area contributed by atoms with E-state index in [1.165, 1.54) is 23.5 Å². The number of hydrogen-bond acceptors (Lipinski definition) is 4. The van der Waals surface area contributed by atoms with E-state index in [1.807, 2.05) is 24.3 Å². The van der Waals surface area contributed by atoms with Crippen LogP contribution < -0.4 is 10.1 Å². The summed E-state index contributed by atoms with van der Waals surface area (Å²) in [7, 11) is 0. The Hall–Kier alpha value is -2.02. The average molecular weight is 498 g/mol. The minimum atomic E-state index is -0.366. The largest absolute Gasteiger partial charge is 0.482 e. The third kappa shape index (κ3) is 4.66. The van der Waals surface area contributed by atoms with Crippen LogP contribution in [0.4, 0.5) is 5.69 Å². The van der Waals surface area contributed by atoms with Gasteiger partial charge in [-0.25, -0.2) is 4.98 Å². The number of thiazole rings is 1. The Balaban J connectivity index is 1.49. The number of benzene rings is 3. The summed E-state index contributed by atoms with van der Waals surface area (Å²) >= 11 is 25.8. The molecule has 1 aromatic heterocycles. The van der Waals surface area contributed by atoms with Crippen molar-refractivity contribution in [1.82, 2.24) is 4.98 Å². The van der Waals surface area contributed by atoms with Crippen LogP contribution in [0.2, 0.25) is 20.1 Å². The first-order chi connectivity index (χ1) is 14.4. The number of hydrogen-bond donors (Lipinski definition) is 1. The molecule has 0 atom stereocenters. The number of carbonyl (C=O) groups excluding carboxylic acids is 1. The molecule has 4 rings (SSSR count). The van der Waals surface area contributed by atoms with E-state index in [-0.39, 0.29) is 28.3 Å². The summed E-state index contributed by atoms with van der Waals surface area (Å²) in [5.41, 5.74) is 2.21. The molecule has 0 spiro atoms. The molecule has 0 aliphatic carbocycles. The van der Waals surface area contributed by atoms with Crippen LogP contribution in [0, 0.1) is 0 Å². The second-order valence-electron chi connectivity index (χ2n) is 6.21. The molecule has 4 aromatic rings. The number of ether oxygens (including phenoxy) is 1. The van der Waals surface area contributed by atoms with Crippen molar-refractivity contribution in [3.63, 3.8) is 0 Å². The highest BCUT2D eigenvalue weighted by molar-refractivity contribution is 7.21. The van der Waals surface area contributed by atoms with E-state index in [2.05, 4.69) is 10.3 Å². The summed E-state index contributed by atoms with van der Waals surface area (Å²) in [5.74, 6) is -0.0952. The zero-order chi connectivity index (χ0) is 21.3. The molecule has 0 unspecified atom stereocenters. The number of amides is 1. The number of carbonyl (C=O) groups is 1. The van der Waals surface area contributed by atoms with E-state index in [0.717, 1.165) is 20.8 Å². The molecule has 0 bridgehead atoms. The van der Waals surface area contributed by atoms with E-state index in [0.29, 0.717) is 15.7 Å². The Kier molecular flexibility index (Phi) is 6.37. The first-order valence-electron chi connectivity index (χ1n) is 8.63. The van der Waals surface area contributed by atoms with Gasteiger partial charge < -0.3 is 10.1 Å². The van der Waals surface area contributed by atoms with E-state index in [1.54, 1.807) is 18.2 Å². The molecule has 0 aliphatic rings. The average Bonchev–Trinajstić information content (AvgIpc) is 3.15. The molecular weight excluding hydrogens is 486 g/mol. The van der Waals surface area contributed by atoms with Crippen molar-refractivity contribution >= 4 is 79.6 Å². The van der Waals surface area contributed by atoms with Crippen molar-refractivity contribution < 1.29 is 9.53 Å². The van der Waals surface area contributed by atoms with Gasteiger partial charge in [0.2, 0.25) is 0 Å². The van der Waals surface area contributed by atoms with Crippen molar-refractivity contribution in [3.8, 4) is 16.3 Å². The zero-order valence-electron chi connectivity index (χ0n) is 15.1. The van der Waals surface area contributed by atoms with Gasteiger partial charge in [0, 0.05) is 17.3 Å². The highest BCUT2D eigenvalue weighted by Crippen LogP contribution is 2.36. The summed E-state index contributed by atoms with van der Waals surface area (Å²) in [6, 6.07) is 16.0. The Morgan fingerprint density at radius 2 is 1.70 bits per heavy atom. The van der Waals surface area contributed by atoms with Gasteiger partial charge in [0.1, 0.15) is 10.8 Å². The molecule has 30 heavy (non-hydrogen) atoms. The monoisotopic (exact) mass is 496 g/mol. The zero-order valence-corrected chi connectivity index (χ0v) is 18.9. The lowest BCUT2D eigenvalue weighted by molar-refractivity contribution is -0.118. The molecule has 1 amide bonds. The lowest BCUT2D eigenvalue weighted by atomic mass is 10.2. The molecule has 1 heterocycles. The van der Waals surface area contributed by atoms with Gasteiger partial charge in [0.25, 0.3) is 5.91 Å². The predicted molar refractivity (Wildman–Crippen MR) is 126 cm³/mol. The van der Waals surface area contributed by atoms with Crippen LogP contribution in [0.25, 0.3) is 20.8 Å². The fourth-order valence-corrected chi connectivity index (χ4v) is 4.56. The predicted octanol–water partition coefficient (Wildman–Crippen LogP) is 7.59. The molecule has 3 aromatic carbocycles. The normalized spacial score (nSPS) is 10.9. The lowest BCUT2D eigenvalue weighted by Gasteiger charge is -2.11. The summed E-state index contributed by atoms with van der Waals surface area (Å²) < 4.78 is 6.52. The second-order valence-corrected chi connectivity index (χ2v) is 8.87. The van der Waals surface area contributed by atoms with Crippen molar-refractivity contribution in [2.24, 2.45) is 0 Å². The molecule has 0 fully saturated rings. The minimum Gasteiger partial charge on any atom is -0.482 e. The molecule has 0 saturated heterocycles. The molecule has 4 nitrogen and oxygen atoms in total. The van der Waals surface area contributed by atoms with Crippen LogP contribution in [0.1, 0.15) is 0 Å². The Morgan fingerprint density at radius 1 is 0.933 bits per heavy atom.